The van der Waals surface area contributed by atoms with Gasteiger partial charge < -0.3 is 0 Å². The Labute approximate surface area is 103 Å². The van der Waals surface area contributed by atoms with E-state index < -0.39 is 0 Å². The molecule has 0 radical (unpaired) electrons. The summed E-state index contributed by atoms with van der Waals surface area (Å²) in [4.78, 5) is 0. The van der Waals surface area contributed by atoms with Crippen LogP contribution in [0, 0.1) is 0 Å². The first kappa shape index (κ1) is 11.7. The Bertz CT molecular complexity index is 650. The monoisotopic (exact) mass is 222 g/mol. The van der Waals surface area contributed by atoms with Crippen LogP contribution in [-0.2, 0) is 6.42 Å². The highest BCUT2D eigenvalue weighted by Gasteiger charge is 2.03. The molecule has 0 heteroatoms. The van der Waals surface area contributed by atoms with Crippen LogP contribution in [0.25, 0.3) is 21.5 Å². The average Bonchev–Trinajstić information content (AvgIpc) is 2.38. The van der Waals surface area contributed by atoms with Crippen molar-refractivity contribution in [3.63, 3.8) is 0 Å². The first-order valence-corrected chi connectivity index (χ1v) is 5.79. The maximum absolute atomic E-state index is 2.32. The van der Waals surface area contributed by atoms with E-state index in [2.05, 4.69) is 61.5 Å². The molecule has 0 spiro atoms. The molecule has 0 aliphatic heterocycles. The van der Waals surface area contributed by atoms with E-state index in [0.717, 1.165) is 6.42 Å². The Balaban J connectivity index is 0.00000108. The summed E-state index contributed by atoms with van der Waals surface area (Å²) in [5.74, 6) is 0. The molecule has 0 N–H and O–H groups in total. The molecule has 3 aromatic carbocycles. The summed E-state index contributed by atoms with van der Waals surface area (Å²) in [6, 6.07) is 19.6. The summed E-state index contributed by atoms with van der Waals surface area (Å²) in [5.41, 5.74) is 1.44. The van der Waals surface area contributed by atoms with Gasteiger partial charge in [0.2, 0.25) is 0 Å². The predicted octanol–water partition coefficient (Wildman–Crippen LogP) is 5.19. The number of hydrogen-bond acceptors (Lipinski definition) is 0. The standard InChI is InChI=1S/C16H14.CH4/c1-2-12-11-13-7-3-4-9-15(13)16-10-6-5-8-14(12)16;/h3-11H,2H2,1H3;1H4. The van der Waals surface area contributed by atoms with Gasteiger partial charge in [0, 0.05) is 0 Å². The Morgan fingerprint density at radius 1 is 0.765 bits per heavy atom. The SMILES string of the molecule is C.CCc1cc2ccccc2c2ccccc12. The van der Waals surface area contributed by atoms with Gasteiger partial charge in [0.1, 0.15) is 0 Å². The quantitative estimate of drug-likeness (QED) is 0.497. The summed E-state index contributed by atoms with van der Waals surface area (Å²) in [7, 11) is 0. The van der Waals surface area contributed by atoms with Crippen molar-refractivity contribution in [2.24, 2.45) is 0 Å². The lowest BCUT2D eigenvalue weighted by molar-refractivity contribution is 1.16. The van der Waals surface area contributed by atoms with E-state index in [1.54, 1.807) is 0 Å². The Morgan fingerprint density at radius 3 is 2.06 bits per heavy atom. The van der Waals surface area contributed by atoms with Gasteiger partial charge in [-0.3, -0.25) is 0 Å². The van der Waals surface area contributed by atoms with Crippen LogP contribution in [0.4, 0.5) is 0 Å². The molecule has 0 atom stereocenters. The van der Waals surface area contributed by atoms with Crippen LogP contribution in [0.1, 0.15) is 19.9 Å². The van der Waals surface area contributed by atoms with E-state index in [-0.39, 0.29) is 7.43 Å². The molecule has 0 unspecified atom stereocenters. The summed E-state index contributed by atoms with van der Waals surface area (Å²) < 4.78 is 0. The molecule has 0 bridgehead atoms. The van der Waals surface area contributed by atoms with Crippen LogP contribution in [-0.4, -0.2) is 0 Å². The molecule has 0 amide bonds. The fraction of sp³-hybridized carbons (Fsp3) is 0.176. The van der Waals surface area contributed by atoms with Crippen molar-refractivity contribution in [3.8, 4) is 0 Å². The zero-order valence-electron chi connectivity index (χ0n) is 9.40. The molecular weight excluding hydrogens is 204 g/mol. The van der Waals surface area contributed by atoms with E-state index in [0.29, 0.717) is 0 Å². The maximum atomic E-state index is 2.32. The van der Waals surface area contributed by atoms with E-state index in [1.165, 1.54) is 27.1 Å². The highest BCUT2D eigenvalue weighted by Crippen LogP contribution is 2.28. The zero-order valence-corrected chi connectivity index (χ0v) is 9.40. The minimum absolute atomic E-state index is 0. The maximum Gasteiger partial charge on any atom is -0.0103 e. The molecule has 0 fully saturated rings. The largest absolute Gasteiger partial charge is 0.0776 e. The van der Waals surface area contributed by atoms with Crippen molar-refractivity contribution in [1.82, 2.24) is 0 Å². The van der Waals surface area contributed by atoms with Crippen LogP contribution in [0.15, 0.2) is 54.6 Å². The number of hydrogen-bond donors (Lipinski definition) is 0. The summed E-state index contributed by atoms with van der Waals surface area (Å²) in [6.07, 6.45) is 1.09. The van der Waals surface area contributed by atoms with Gasteiger partial charge in [-0.25, -0.2) is 0 Å². The summed E-state index contributed by atoms with van der Waals surface area (Å²) >= 11 is 0. The van der Waals surface area contributed by atoms with Crippen LogP contribution >= 0.6 is 0 Å². The van der Waals surface area contributed by atoms with Gasteiger partial charge in [-0.1, -0.05) is 68.9 Å². The van der Waals surface area contributed by atoms with E-state index >= 15 is 0 Å². The predicted molar refractivity (Wildman–Crippen MR) is 77.6 cm³/mol. The second kappa shape index (κ2) is 4.58. The van der Waals surface area contributed by atoms with E-state index in [9.17, 15) is 0 Å². The third-order valence-electron chi connectivity index (χ3n) is 3.23. The molecular formula is C17H18. The van der Waals surface area contributed by atoms with Crippen molar-refractivity contribution in [3.05, 3.63) is 60.2 Å². The minimum atomic E-state index is 0. The first-order chi connectivity index (χ1) is 7.90. The number of fused-ring (bicyclic) bond motifs is 3. The van der Waals surface area contributed by atoms with E-state index in [4.69, 9.17) is 0 Å². The summed E-state index contributed by atoms with van der Waals surface area (Å²) in [5, 5.41) is 5.47. The van der Waals surface area contributed by atoms with Gasteiger partial charge in [-0.2, -0.15) is 0 Å². The molecule has 3 aromatic rings. The van der Waals surface area contributed by atoms with Gasteiger partial charge in [0.25, 0.3) is 0 Å². The van der Waals surface area contributed by atoms with Gasteiger partial charge in [0.15, 0.2) is 0 Å². The zero-order chi connectivity index (χ0) is 11.0. The lowest BCUT2D eigenvalue weighted by Crippen LogP contribution is -1.85. The Hall–Kier alpha value is -1.82. The van der Waals surface area contributed by atoms with Crippen molar-refractivity contribution < 1.29 is 0 Å². The highest BCUT2D eigenvalue weighted by atomic mass is 14.1. The Morgan fingerprint density at radius 2 is 1.35 bits per heavy atom. The van der Waals surface area contributed by atoms with Gasteiger partial charge in [-0.05, 0) is 33.5 Å². The van der Waals surface area contributed by atoms with Crippen molar-refractivity contribution in [2.45, 2.75) is 20.8 Å². The fourth-order valence-corrected chi connectivity index (χ4v) is 2.42. The normalized spacial score (nSPS) is 10.4. The molecule has 0 aromatic heterocycles. The third kappa shape index (κ3) is 1.80. The van der Waals surface area contributed by atoms with Crippen LogP contribution in [0.5, 0.6) is 0 Å². The third-order valence-corrected chi connectivity index (χ3v) is 3.23. The lowest BCUT2D eigenvalue weighted by Gasteiger charge is -2.08. The van der Waals surface area contributed by atoms with E-state index in [1.807, 2.05) is 0 Å². The molecule has 86 valence electrons. The van der Waals surface area contributed by atoms with Gasteiger partial charge >= 0.3 is 0 Å². The van der Waals surface area contributed by atoms with Gasteiger partial charge in [-0.15, -0.1) is 0 Å². The van der Waals surface area contributed by atoms with Crippen molar-refractivity contribution >= 4 is 21.5 Å². The molecule has 0 saturated heterocycles. The van der Waals surface area contributed by atoms with Crippen LogP contribution in [0.3, 0.4) is 0 Å². The molecule has 3 rings (SSSR count). The second-order valence-corrected chi connectivity index (χ2v) is 4.16. The molecule has 0 aliphatic carbocycles. The van der Waals surface area contributed by atoms with Crippen LogP contribution in [0.2, 0.25) is 0 Å². The minimum Gasteiger partial charge on any atom is -0.0776 e. The lowest BCUT2D eigenvalue weighted by atomic mass is 9.96. The van der Waals surface area contributed by atoms with Crippen LogP contribution < -0.4 is 0 Å². The van der Waals surface area contributed by atoms with Crippen molar-refractivity contribution in [1.29, 1.82) is 0 Å². The Kier molecular flexibility index (Phi) is 3.14. The molecule has 0 heterocycles. The number of benzene rings is 3. The smallest absolute Gasteiger partial charge is 0.0103 e. The van der Waals surface area contributed by atoms with Gasteiger partial charge in [0.05, 0.1) is 0 Å². The highest BCUT2D eigenvalue weighted by molar-refractivity contribution is 6.08. The topological polar surface area (TPSA) is 0 Å². The molecule has 17 heavy (non-hydrogen) atoms. The molecule has 0 aliphatic rings. The average molecular weight is 222 g/mol. The second-order valence-electron chi connectivity index (χ2n) is 4.16. The number of aryl methyl sites for hydroxylation is 1. The van der Waals surface area contributed by atoms with Crippen molar-refractivity contribution in [2.75, 3.05) is 0 Å². The molecule has 0 saturated carbocycles. The summed E-state index contributed by atoms with van der Waals surface area (Å²) in [6.45, 7) is 2.22. The fourth-order valence-electron chi connectivity index (χ4n) is 2.42. The first-order valence-electron chi connectivity index (χ1n) is 5.79. The number of rotatable bonds is 1. The molecule has 0 nitrogen and oxygen atoms in total.